The maximum absolute atomic E-state index is 13.2. The van der Waals surface area contributed by atoms with Crippen LogP contribution in [-0.2, 0) is 14.3 Å². The predicted octanol–water partition coefficient (Wildman–Crippen LogP) is 2.21. The van der Waals surface area contributed by atoms with Crippen molar-refractivity contribution in [1.29, 1.82) is 0 Å². The van der Waals surface area contributed by atoms with Crippen molar-refractivity contribution in [2.24, 2.45) is 0 Å². The number of rotatable bonds is 2. The van der Waals surface area contributed by atoms with Crippen LogP contribution in [0, 0.1) is 0 Å². The lowest BCUT2D eigenvalue weighted by Gasteiger charge is -2.41. The van der Waals surface area contributed by atoms with Gasteiger partial charge in [0.15, 0.2) is 5.60 Å². The van der Waals surface area contributed by atoms with Crippen LogP contribution in [0.15, 0.2) is 30.3 Å². The lowest BCUT2D eigenvalue weighted by Crippen LogP contribution is -2.56. The van der Waals surface area contributed by atoms with E-state index in [1.54, 1.807) is 21.9 Å². The van der Waals surface area contributed by atoms with Crippen molar-refractivity contribution < 1.29 is 23.9 Å². The minimum atomic E-state index is -0.623. The first-order valence-corrected chi connectivity index (χ1v) is 9.59. The van der Waals surface area contributed by atoms with Crippen LogP contribution in [0.3, 0.4) is 0 Å². The molecule has 27 heavy (non-hydrogen) atoms. The summed E-state index contributed by atoms with van der Waals surface area (Å²) in [4.78, 5) is 40.9. The number of hydrogen-bond acceptors (Lipinski definition) is 5. The molecule has 1 aromatic carbocycles. The van der Waals surface area contributed by atoms with Gasteiger partial charge in [-0.15, -0.1) is 0 Å². The molecular weight excluding hydrogens is 348 g/mol. The Morgan fingerprint density at radius 2 is 1.78 bits per heavy atom. The summed E-state index contributed by atoms with van der Waals surface area (Å²) in [7, 11) is 0. The van der Waals surface area contributed by atoms with E-state index in [0.29, 0.717) is 44.5 Å². The van der Waals surface area contributed by atoms with Gasteiger partial charge in [0.2, 0.25) is 5.91 Å². The van der Waals surface area contributed by atoms with Gasteiger partial charge in [-0.1, -0.05) is 18.2 Å². The molecule has 2 amide bonds. The fourth-order valence-electron chi connectivity index (χ4n) is 4.20. The zero-order valence-electron chi connectivity index (χ0n) is 15.3. The van der Waals surface area contributed by atoms with E-state index in [9.17, 15) is 14.4 Å². The molecule has 1 aromatic rings. The number of hydrogen-bond donors (Lipinski definition) is 0. The molecular formula is C20H24N2O5. The maximum atomic E-state index is 13.2. The van der Waals surface area contributed by atoms with Gasteiger partial charge in [-0.3, -0.25) is 9.59 Å². The smallest absolute Gasteiger partial charge is 0.430 e. The number of carbonyl (C=O) groups is 3. The van der Waals surface area contributed by atoms with Gasteiger partial charge in [-0.2, -0.15) is 0 Å². The van der Waals surface area contributed by atoms with Crippen LogP contribution in [-0.4, -0.2) is 65.7 Å². The number of ether oxygens (including phenoxy) is 2. The molecule has 0 saturated carbocycles. The second-order valence-corrected chi connectivity index (χ2v) is 7.53. The normalized spacial score (nSPS) is 24.4. The Morgan fingerprint density at radius 1 is 1.04 bits per heavy atom. The number of benzene rings is 1. The Bertz CT molecular complexity index is 727. The van der Waals surface area contributed by atoms with Crippen LogP contribution >= 0.6 is 0 Å². The molecule has 1 atom stereocenters. The molecule has 1 spiro atoms. The fraction of sp³-hybridized carbons (Fsp3) is 0.550. The molecule has 1 unspecified atom stereocenters. The quantitative estimate of drug-likeness (QED) is 0.744. The summed E-state index contributed by atoms with van der Waals surface area (Å²) < 4.78 is 10.3. The van der Waals surface area contributed by atoms with Gasteiger partial charge >= 0.3 is 6.16 Å². The van der Waals surface area contributed by atoms with Crippen LogP contribution in [0.4, 0.5) is 4.79 Å². The number of piperidine rings is 2. The second-order valence-electron chi connectivity index (χ2n) is 7.53. The molecule has 3 fully saturated rings. The van der Waals surface area contributed by atoms with E-state index in [0.717, 1.165) is 12.8 Å². The van der Waals surface area contributed by atoms with Crippen molar-refractivity contribution in [2.45, 2.75) is 43.7 Å². The lowest BCUT2D eigenvalue weighted by molar-refractivity contribution is -0.140. The third-order valence-electron chi connectivity index (χ3n) is 5.81. The number of carbonyl (C=O) groups excluding carboxylic acids is 3. The topological polar surface area (TPSA) is 76.2 Å². The largest absolute Gasteiger partial charge is 0.509 e. The van der Waals surface area contributed by atoms with Gasteiger partial charge in [0.1, 0.15) is 12.6 Å². The Labute approximate surface area is 158 Å². The highest BCUT2D eigenvalue weighted by atomic mass is 16.8. The molecule has 7 nitrogen and oxygen atoms in total. The Morgan fingerprint density at radius 3 is 2.44 bits per heavy atom. The highest BCUT2D eigenvalue weighted by Gasteiger charge is 2.46. The van der Waals surface area contributed by atoms with Crippen LogP contribution in [0.25, 0.3) is 0 Å². The van der Waals surface area contributed by atoms with E-state index in [1.807, 2.05) is 18.2 Å². The molecule has 7 heteroatoms. The van der Waals surface area contributed by atoms with Crippen molar-refractivity contribution in [3.63, 3.8) is 0 Å². The maximum Gasteiger partial charge on any atom is 0.509 e. The average molecular weight is 372 g/mol. The van der Waals surface area contributed by atoms with Crippen molar-refractivity contribution in [3.05, 3.63) is 35.9 Å². The van der Waals surface area contributed by atoms with Gasteiger partial charge in [-0.05, 0) is 31.4 Å². The SMILES string of the molecule is O=C1OCC2(CCN(C(=O)C3CCCCN3C(=O)c3ccccc3)CC2)O1. The van der Waals surface area contributed by atoms with Gasteiger partial charge in [0.05, 0.1) is 0 Å². The minimum Gasteiger partial charge on any atom is -0.430 e. The number of likely N-dealkylation sites (tertiary alicyclic amines) is 2. The highest BCUT2D eigenvalue weighted by Crippen LogP contribution is 2.32. The molecule has 3 saturated heterocycles. The molecule has 144 valence electrons. The Balaban J connectivity index is 1.44. The van der Waals surface area contributed by atoms with Crippen molar-refractivity contribution in [3.8, 4) is 0 Å². The second kappa shape index (κ2) is 7.21. The highest BCUT2D eigenvalue weighted by molar-refractivity contribution is 5.97. The monoisotopic (exact) mass is 372 g/mol. The zero-order valence-corrected chi connectivity index (χ0v) is 15.3. The van der Waals surface area contributed by atoms with Crippen molar-refractivity contribution >= 4 is 18.0 Å². The van der Waals surface area contributed by atoms with E-state index in [-0.39, 0.29) is 18.4 Å². The van der Waals surface area contributed by atoms with Crippen molar-refractivity contribution in [2.75, 3.05) is 26.2 Å². The molecule has 0 aromatic heterocycles. The summed E-state index contributed by atoms with van der Waals surface area (Å²) in [5, 5.41) is 0. The molecule has 3 aliphatic rings. The first kappa shape index (κ1) is 17.8. The summed E-state index contributed by atoms with van der Waals surface area (Å²) in [6, 6.07) is 8.71. The molecule has 0 aliphatic carbocycles. The Hall–Kier alpha value is -2.57. The fourth-order valence-corrected chi connectivity index (χ4v) is 4.20. The van der Waals surface area contributed by atoms with Crippen LogP contribution in [0.1, 0.15) is 42.5 Å². The van der Waals surface area contributed by atoms with E-state index in [4.69, 9.17) is 9.47 Å². The van der Waals surface area contributed by atoms with E-state index >= 15 is 0 Å². The van der Waals surface area contributed by atoms with Gasteiger partial charge < -0.3 is 19.3 Å². The minimum absolute atomic E-state index is 0.000858. The first-order chi connectivity index (χ1) is 13.1. The van der Waals surface area contributed by atoms with Crippen LogP contribution in [0.2, 0.25) is 0 Å². The van der Waals surface area contributed by atoms with Crippen LogP contribution in [0.5, 0.6) is 0 Å². The number of nitrogens with zero attached hydrogens (tertiary/aromatic N) is 2. The first-order valence-electron chi connectivity index (χ1n) is 9.59. The van der Waals surface area contributed by atoms with E-state index in [1.165, 1.54) is 0 Å². The third-order valence-corrected chi connectivity index (χ3v) is 5.81. The third kappa shape index (κ3) is 3.50. The molecule has 3 aliphatic heterocycles. The van der Waals surface area contributed by atoms with E-state index < -0.39 is 17.8 Å². The number of cyclic esters (lactones) is 1. The standard InChI is InChI=1S/C20H24N2O5/c23-17(15-6-2-1-3-7-15)22-11-5-4-8-16(22)18(24)21-12-9-20(10-13-21)14-26-19(25)27-20/h1-3,6-7,16H,4-5,8-14H2. The molecule has 4 rings (SSSR count). The average Bonchev–Trinajstić information content (AvgIpc) is 3.08. The summed E-state index contributed by atoms with van der Waals surface area (Å²) in [6.45, 7) is 1.89. The number of amides is 2. The summed E-state index contributed by atoms with van der Waals surface area (Å²) in [5.41, 5.74) is 0.0322. The molecule has 3 heterocycles. The Kier molecular flexibility index (Phi) is 4.76. The van der Waals surface area contributed by atoms with Gasteiger partial charge in [0.25, 0.3) is 5.91 Å². The van der Waals surface area contributed by atoms with Gasteiger partial charge in [0, 0.05) is 38.0 Å². The summed E-state index contributed by atoms with van der Waals surface area (Å²) in [6.07, 6.45) is 3.07. The summed E-state index contributed by atoms with van der Waals surface area (Å²) >= 11 is 0. The molecule has 0 bridgehead atoms. The zero-order chi connectivity index (χ0) is 18.9. The molecule has 0 radical (unpaired) electrons. The van der Waals surface area contributed by atoms with E-state index in [2.05, 4.69) is 0 Å². The van der Waals surface area contributed by atoms with Crippen LogP contribution < -0.4 is 0 Å². The summed E-state index contributed by atoms with van der Waals surface area (Å²) in [5.74, 6) is -0.0840. The molecule has 0 N–H and O–H groups in total. The lowest BCUT2D eigenvalue weighted by atomic mass is 9.91. The van der Waals surface area contributed by atoms with Gasteiger partial charge in [-0.25, -0.2) is 4.79 Å². The van der Waals surface area contributed by atoms with Crippen molar-refractivity contribution in [1.82, 2.24) is 9.80 Å². The predicted molar refractivity (Wildman–Crippen MR) is 96.1 cm³/mol.